The lowest BCUT2D eigenvalue weighted by Gasteiger charge is -2.17. The van der Waals surface area contributed by atoms with E-state index >= 15 is 0 Å². The van der Waals surface area contributed by atoms with Gasteiger partial charge in [0.1, 0.15) is 0 Å². The monoisotopic (exact) mass is 253 g/mol. The smallest absolute Gasteiger partial charge is 0.234 e. The zero-order valence-electron chi connectivity index (χ0n) is 10.5. The fourth-order valence-electron chi connectivity index (χ4n) is 3.89. The molecule has 1 aromatic rings. The standard InChI is InChI=1S/C16H15NO2/c18-15-13-11-6-7-12(8-11)14(13)16(19)17(15)9-10-4-2-1-3-5-10/h1-7,11-14H,8-9H2/t11-,12?,13+,14-/m1/s1. The van der Waals surface area contributed by atoms with Crippen molar-refractivity contribution >= 4 is 11.8 Å². The second-order valence-corrected chi connectivity index (χ2v) is 5.75. The van der Waals surface area contributed by atoms with Crippen molar-refractivity contribution in [3.05, 3.63) is 48.0 Å². The Morgan fingerprint density at radius 2 is 1.53 bits per heavy atom. The molecule has 19 heavy (non-hydrogen) atoms. The number of allylic oxidation sites excluding steroid dienone is 2. The summed E-state index contributed by atoms with van der Waals surface area (Å²) in [5.41, 5.74) is 1.02. The third-order valence-electron chi connectivity index (χ3n) is 4.75. The summed E-state index contributed by atoms with van der Waals surface area (Å²) < 4.78 is 0. The predicted octanol–water partition coefficient (Wildman–Crippen LogP) is 1.99. The van der Waals surface area contributed by atoms with Crippen LogP contribution in [-0.2, 0) is 16.1 Å². The van der Waals surface area contributed by atoms with Crippen molar-refractivity contribution in [3.8, 4) is 0 Å². The number of carbonyl (C=O) groups is 2. The molecule has 96 valence electrons. The van der Waals surface area contributed by atoms with Crippen LogP contribution in [0.3, 0.4) is 0 Å². The molecule has 3 heteroatoms. The fraction of sp³-hybridized carbons (Fsp3) is 0.375. The Kier molecular flexibility index (Phi) is 2.19. The Morgan fingerprint density at radius 1 is 0.947 bits per heavy atom. The number of amides is 2. The van der Waals surface area contributed by atoms with Gasteiger partial charge in [-0.25, -0.2) is 0 Å². The van der Waals surface area contributed by atoms with Crippen LogP contribution in [0.1, 0.15) is 12.0 Å². The van der Waals surface area contributed by atoms with Crippen molar-refractivity contribution in [2.24, 2.45) is 23.7 Å². The molecule has 3 nitrogen and oxygen atoms in total. The minimum atomic E-state index is -0.0776. The van der Waals surface area contributed by atoms with Crippen LogP contribution >= 0.6 is 0 Å². The topological polar surface area (TPSA) is 37.4 Å². The van der Waals surface area contributed by atoms with Crippen molar-refractivity contribution in [2.75, 3.05) is 0 Å². The summed E-state index contributed by atoms with van der Waals surface area (Å²) in [4.78, 5) is 26.4. The average molecular weight is 253 g/mol. The molecule has 3 aliphatic rings. The van der Waals surface area contributed by atoms with Gasteiger partial charge in [0.25, 0.3) is 0 Å². The number of imide groups is 1. The Bertz CT molecular complexity index is 548. The van der Waals surface area contributed by atoms with E-state index in [1.807, 2.05) is 30.3 Å². The molecule has 2 bridgehead atoms. The fourth-order valence-corrected chi connectivity index (χ4v) is 3.89. The highest BCUT2D eigenvalue weighted by atomic mass is 16.2. The van der Waals surface area contributed by atoms with E-state index in [0.29, 0.717) is 18.4 Å². The molecule has 4 atom stereocenters. The van der Waals surface area contributed by atoms with Gasteiger partial charge in [-0.15, -0.1) is 0 Å². The first-order chi connectivity index (χ1) is 9.25. The van der Waals surface area contributed by atoms with Gasteiger partial charge in [0.05, 0.1) is 18.4 Å². The van der Waals surface area contributed by atoms with Gasteiger partial charge in [-0.2, -0.15) is 0 Å². The number of carbonyl (C=O) groups excluding carboxylic acids is 2. The first-order valence-electron chi connectivity index (χ1n) is 6.83. The highest BCUT2D eigenvalue weighted by molar-refractivity contribution is 6.06. The second kappa shape index (κ2) is 3.80. The van der Waals surface area contributed by atoms with E-state index in [9.17, 15) is 9.59 Å². The van der Waals surface area contributed by atoms with Crippen LogP contribution in [0, 0.1) is 23.7 Å². The van der Waals surface area contributed by atoms with Gasteiger partial charge in [0.15, 0.2) is 0 Å². The van der Waals surface area contributed by atoms with E-state index in [1.54, 1.807) is 0 Å². The number of likely N-dealkylation sites (tertiary alicyclic amines) is 1. The van der Waals surface area contributed by atoms with Gasteiger partial charge in [-0.1, -0.05) is 42.5 Å². The highest BCUT2D eigenvalue weighted by Gasteiger charge is 2.58. The molecule has 2 fully saturated rings. The van der Waals surface area contributed by atoms with Crippen molar-refractivity contribution < 1.29 is 9.59 Å². The molecule has 0 aromatic heterocycles. The number of nitrogens with zero attached hydrogens (tertiary/aromatic N) is 1. The third-order valence-corrected chi connectivity index (χ3v) is 4.75. The molecule has 1 heterocycles. The Labute approximate surface area is 111 Å². The highest BCUT2D eigenvalue weighted by Crippen LogP contribution is 2.52. The van der Waals surface area contributed by atoms with Crippen LogP contribution in [0.4, 0.5) is 0 Å². The maximum Gasteiger partial charge on any atom is 0.234 e. The van der Waals surface area contributed by atoms with Crippen molar-refractivity contribution in [1.82, 2.24) is 4.90 Å². The first-order valence-corrected chi connectivity index (χ1v) is 6.83. The zero-order valence-corrected chi connectivity index (χ0v) is 10.5. The lowest BCUT2D eigenvalue weighted by molar-refractivity contribution is -0.141. The molecular weight excluding hydrogens is 238 g/mol. The maximum atomic E-state index is 12.5. The van der Waals surface area contributed by atoms with Gasteiger partial charge in [-0.05, 0) is 23.8 Å². The molecule has 1 saturated carbocycles. The molecule has 1 aliphatic heterocycles. The van der Waals surface area contributed by atoms with E-state index in [2.05, 4.69) is 12.2 Å². The van der Waals surface area contributed by atoms with E-state index in [-0.39, 0.29) is 23.7 Å². The van der Waals surface area contributed by atoms with Gasteiger partial charge >= 0.3 is 0 Å². The number of hydrogen-bond donors (Lipinski definition) is 0. The van der Waals surface area contributed by atoms with Crippen LogP contribution in [0.15, 0.2) is 42.5 Å². The molecule has 0 spiro atoms. The van der Waals surface area contributed by atoms with Crippen LogP contribution in [0.25, 0.3) is 0 Å². The summed E-state index contributed by atoms with van der Waals surface area (Å²) in [6.07, 6.45) is 5.25. The van der Waals surface area contributed by atoms with Crippen molar-refractivity contribution in [1.29, 1.82) is 0 Å². The maximum absolute atomic E-state index is 12.5. The quantitative estimate of drug-likeness (QED) is 0.597. The van der Waals surface area contributed by atoms with Gasteiger partial charge < -0.3 is 0 Å². The van der Waals surface area contributed by atoms with E-state index in [0.717, 1.165) is 12.0 Å². The molecule has 1 unspecified atom stereocenters. The molecule has 1 aromatic carbocycles. The number of fused-ring (bicyclic) bond motifs is 5. The Morgan fingerprint density at radius 3 is 2.11 bits per heavy atom. The van der Waals surface area contributed by atoms with Gasteiger partial charge in [0, 0.05) is 0 Å². The summed E-state index contributed by atoms with van der Waals surface area (Å²) >= 11 is 0. The summed E-state index contributed by atoms with van der Waals surface area (Å²) in [6, 6.07) is 9.73. The summed E-state index contributed by atoms with van der Waals surface area (Å²) in [7, 11) is 0. The Balaban J connectivity index is 1.62. The van der Waals surface area contributed by atoms with Gasteiger partial charge in [-0.3, -0.25) is 14.5 Å². The Hall–Kier alpha value is -1.90. The molecule has 4 rings (SSSR count). The molecule has 1 saturated heterocycles. The molecule has 0 N–H and O–H groups in total. The normalized spacial score (nSPS) is 35.3. The van der Waals surface area contributed by atoms with Crippen LogP contribution in [0.2, 0.25) is 0 Å². The van der Waals surface area contributed by atoms with Crippen LogP contribution < -0.4 is 0 Å². The van der Waals surface area contributed by atoms with E-state index in [1.165, 1.54) is 4.90 Å². The summed E-state index contributed by atoms with van der Waals surface area (Å²) in [5, 5.41) is 0. The lowest BCUT2D eigenvalue weighted by atomic mass is 9.85. The first kappa shape index (κ1) is 11.0. The number of rotatable bonds is 2. The predicted molar refractivity (Wildman–Crippen MR) is 69.7 cm³/mol. The van der Waals surface area contributed by atoms with E-state index in [4.69, 9.17) is 0 Å². The third kappa shape index (κ3) is 1.44. The van der Waals surface area contributed by atoms with Crippen molar-refractivity contribution in [2.45, 2.75) is 13.0 Å². The second-order valence-electron chi connectivity index (χ2n) is 5.75. The van der Waals surface area contributed by atoms with Crippen LogP contribution in [-0.4, -0.2) is 16.7 Å². The minimum Gasteiger partial charge on any atom is -0.278 e. The summed E-state index contributed by atoms with van der Waals surface area (Å²) in [5.74, 6) is 0.517. The number of hydrogen-bond acceptors (Lipinski definition) is 2. The molecular formula is C16H15NO2. The average Bonchev–Trinajstić information content (AvgIpc) is 3.10. The van der Waals surface area contributed by atoms with Crippen molar-refractivity contribution in [3.63, 3.8) is 0 Å². The minimum absolute atomic E-state index is 0.0377. The molecule has 2 aliphatic carbocycles. The van der Waals surface area contributed by atoms with Gasteiger partial charge in [0.2, 0.25) is 11.8 Å². The van der Waals surface area contributed by atoms with E-state index < -0.39 is 0 Å². The molecule has 0 radical (unpaired) electrons. The number of benzene rings is 1. The largest absolute Gasteiger partial charge is 0.278 e. The summed E-state index contributed by atoms with van der Waals surface area (Å²) in [6.45, 7) is 0.422. The molecule has 2 amide bonds. The van der Waals surface area contributed by atoms with Crippen LogP contribution in [0.5, 0.6) is 0 Å². The zero-order chi connectivity index (χ0) is 13.0. The lowest BCUT2D eigenvalue weighted by Crippen LogP contribution is -2.32. The SMILES string of the molecule is O=C1[C@H]2[C@@H]3C=CC(C3)[C@H]2C(=O)N1Cc1ccccc1.